The zero-order valence-electron chi connectivity index (χ0n) is 8.96. The minimum absolute atomic E-state index is 0.474. The van der Waals surface area contributed by atoms with Crippen LogP contribution in [0.5, 0.6) is 0 Å². The van der Waals surface area contributed by atoms with Crippen LogP contribution < -0.4 is 5.32 Å². The number of hydrogen-bond acceptors (Lipinski definition) is 2. The molecule has 0 aliphatic rings. The van der Waals surface area contributed by atoms with Crippen molar-refractivity contribution in [1.82, 2.24) is 0 Å². The normalized spacial score (nSPS) is 11.9. The molecule has 0 radical (unpaired) electrons. The number of hydrogen-bond donors (Lipinski definition) is 1. The molecule has 0 aromatic heterocycles. The summed E-state index contributed by atoms with van der Waals surface area (Å²) in [5.41, 5.74) is 2.87. The van der Waals surface area contributed by atoms with Crippen LogP contribution in [0.15, 0.2) is 18.2 Å². The molecule has 1 rings (SSSR count). The van der Waals surface area contributed by atoms with Crippen LogP contribution in [0.25, 0.3) is 0 Å². The first-order valence-corrected chi connectivity index (χ1v) is 4.94. The Balaban J connectivity index is 2.82. The zero-order valence-corrected chi connectivity index (χ0v) is 8.96. The highest BCUT2D eigenvalue weighted by Gasteiger charge is 2.01. The van der Waals surface area contributed by atoms with Crippen LogP contribution in [0.2, 0.25) is 0 Å². The number of aryl methyl sites for hydroxylation is 1. The maximum absolute atomic E-state index is 8.77. The van der Waals surface area contributed by atoms with Crippen molar-refractivity contribution in [1.29, 1.82) is 5.26 Å². The van der Waals surface area contributed by atoms with Crippen molar-refractivity contribution in [3.8, 4) is 6.07 Å². The SMILES string of the molecule is CCC(C)Nc1ccc(C#N)c(C)c1. The van der Waals surface area contributed by atoms with Gasteiger partial charge in [0.05, 0.1) is 11.6 Å². The van der Waals surface area contributed by atoms with E-state index in [9.17, 15) is 0 Å². The Morgan fingerprint density at radius 1 is 1.50 bits per heavy atom. The van der Waals surface area contributed by atoms with Crippen molar-refractivity contribution in [2.45, 2.75) is 33.2 Å². The van der Waals surface area contributed by atoms with Gasteiger partial charge in [-0.05, 0) is 44.0 Å². The first-order valence-electron chi connectivity index (χ1n) is 4.94. The van der Waals surface area contributed by atoms with Gasteiger partial charge in [-0.3, -0.25) is 0 Å². The topological polar surface area (TPSA) is 35.8 Å². The Kier molecular flexibility index (Phi) is 3.53. The molecule has 0 heterocycles. The number of nitrogens with one attached hydrogen (secondary N) is 1. The van der Waals surface area contributed by atoms with Crippen molar-refractivity contribution in [3.63, 3.8) is 0 Å². The molecule has 14 heavy (non-hydrogen) atoms. The van der Waals surface area contributed by atoms with Gasteiger partial charge in [-0.15, -0.1) is 0 Å². The Bertz CT molecular complexity index is 350. The molecule has 2 nitrogen and oxygen atoms in total. The molecule has 0 saturated heterocycles. The van der Waals surface area contributed by atoms with Crippen LogP contribution in [0.1, 0.15) is 31.4 Å². The third-order valence-electron chi connectivity index (χ3n) is 2.37. The monoisotopic (exact) mass is 188 g/mol. The average molecular weight is 188 g/mol. The second-order valence-electron chi connectivity index (χ2n) is 3.60. The van der Waals surface area contributed by atoms with Gasteiger partial charge in [0, 0.05) is 11.7 Å². The molecule has 0 aliphatic carbocycles. The summed E-state index contributed by atoms with van der Waals surface area (Å²) < 4.78 is 0. The lowest BCUT2D eigenvalue weighted by atomic mass is 10.1. The van der Waals surface area contributed by atoms with Gasteiger partial charge in [0.2, 0.25) is 0 Å². The van der Waals surface area contributed by atoms with Gasteiger partial charge in [-0.2, -0.15) is 5.26 Å². The van der Waals surface area contributed by atoms with Gasteiger partial charge in [0.25, 0.3) is 0 Å². The minimum Gasteiger partial charge on any atom is -0.383 e. The summed E-state index contributed by atoms with van der Waals surface area (Å²) in [4.78, 5) is 0. The van der Waals surface area contributed by atoms with E-state index >= 15 is 0 Å². The molecular formula is C12H16N2. The van der Waals surface area contributed by atoms with Crippen molar-refractivity contribution in [2.75, 3.05) is 5.32 Å². The van der Waals surface area contributed by atoms with Crippen LogP contribution in [-0.2, 0) is 0 Å². The van der Waals surface area contributed by atoms with Crippen LogP contribution >= 0.6 is 0 Å². The van der Waals surface area contributed by atoms with Gasteiger partial charge in [0.1, 0.15) is 0 Å². The van der Waals surface area contributed by atoms with Crippen molar-refractivity contribution in [3.05, 3.63) is 29.3 Å². The molecule has 1 unspecified atom stereocenters. The lowest BCUT2D eigenvalue weighted by Crippen LogP contribution is -2.13. The highest BCUT2D eigenvalue weighted by atomic mass is 14.9. The number of anilines is 1. The van der Waals surface area contributed by atoms with E-state index in [1.54, 1.807) is 0 Å². The molecule has 0 saturated carbocycles. The van der Waals surface area contributed by atoms with E-state index in [2.05, 4.69) is 25.2 Å². The quantitative estimate of drug-likeness (QED) is 0.791. The molecule has 1 N–H and O–H groups in total. The number of nitrogens with zero attached hydrogens (tertiary/aromatic N) is 1. The minimum atomic E-state index is 0.474. The summed E-state index contributed by atoms with van der Waals surface area (Å²) in [6.45, 7) is 6.25. The standard InChI is InChI=1S/C12H16N2/c1-4-10(3)14-12-6-5-11(8-13)9(2)7-12/h5-7,10,14H,4H2,1-3H3. The summed E-state index contributed by atoms with van der Waals surface area (Å²) in [5, 5.41) is 12.1. The molecule has 2 heteroatoms. The highest BCUT2D eigenvalue weighted by molar-refractivity contribution is 5.51. The third-order valence-corrected chi connectivity index (χ3v) is 2.37. The molecule has 1 aromatic rings. The van der Waals surface area contributed by atoms with E-state index < -0.39 is 0 Å². The summed E-state index contributed by atoms with van der Waals surface area (Å²) in [6.07, 6.45) is 1.10. The van der Waals surface area contributed by atoms with Gasteiger partial charge in [0.15, 0.2) is 0 Å². The largest absolute Gasteiger partial charge is 0.383 e. The average Bonchev–Trinajstić information content (AvgIpc) is 2.18. The lowest BCUT2D eigenvalue weighted by molar-refractivity contribution is 0.764. The fourth-order valence-electron chi connectivity index (χ4n) is 1.27. The smallest absolute Gasteiger partial charge is 0.0994 e. The van der Waals surface area contributed by atoms with Gasteiger partial charge < -0.3 is 5.32 Å². The van der Waals surface area contributed by atoms with Crippen LogP contribution in [0.4, 0.5) is 5.69 Å². The predicted molar refractivity (Wildman–Crippen MR) is 59.3 cm³/mol. The molecule has 0 amide bonds. The summed E-state index contributed by atoms with van der Waals surface area (Å²) in [7, 11) is 0. The van der Waals surface area contributed by atoms with E-state index in [-0.39, 0.29) is 0 Å². The second kappa shape index (κ2) is 4.66. The maximum atomic E-state index is 8.77. The van der Waals surface area contributed by atoms with Crippen LogP contribution in [0.3, 0.4) is 0 Å². The van der Waals surface area contributed by atoms with Gasteiger partial charge in [-0.25, -0.2) is 0 Å². The Morgan fingerprint density at radius 3 is 2.71 bits per heavy atom. The molecule has 1 atom stereocenters. The summed E-state index contributed by atoms with van der Waals surface area (Å²) in [5.74, 6) is 0. The van der Waals surface area contributed by atoms with E-state index in [0.717, 1.165) is 23.2 Å². The molecular weight excluding hydrogens is 172 g/mol. The number of rotatable bonds is 3. The molecule has 0 aliphatic heterocycles. The third kappa shape index (κ3) is 2.50. The second-order valence-corrected chi connectivity index (χ2v) is 3.60. The Hall–Kier alpha value is -1.49. The predicted octanol–water partition coefficient (Wildman–Crippen LogP) is 3.08. The lowest BCUT2D eigenvalue weighted by Gasteiger charge is -2.13. The van der Waals surface area contributed by atoms with E-state index in [1.165, 1.54) is 0 Å². The maximum Gasteiger partial charge on any atom is 0.0994 e. The van der Waals surface area contributed by atoms with Gasteiger partial charge >= 0.3 is 0 Å². The molecule has 1 aromatic carbocycles. The van der Waals surface area contributed by atoms with Gasteiger partial charge in [-0.1, -0.05) is 6.92 Å². The Labute approximate surface area is 85.6 Å². The first-order chi connectivity index (χ1) is 6.67. The van der Waals surface area contributed by atoms with Crippen molar-refractivity contribution in [2.24, 2.45) is 0 Å². The van der Waals surface area contributed by atoms with Crippen molar-refractivity contribution >= 4 is 5.69 Å². The van der Waals surface area contributed by atoms with Crippen LogP contribution in [-0.4, -0.2) is 6.04 Å². The number of benzene rings is 1. The van der Waals surface area contributed by atoms with Crippen molar-refractivity contribution < 1.29 is 0 Å². The number of nitriles is 1. The molecule has 0 fully saturated rings. The molecule has 74 valence electrons. The fourth-order valence-corrected chi connectivity index (χ4v) is 1.27. The van der Waals surface area contributed by atoms with Crippen LogP contribution in [0, 0.1) is 18.3 Å². The fraction of sp³-hybridized carbons (Fsp3) is 0.417. The Morgan fingerprint density at radius 2 is 2.21 bits per heavy atom. The van der Waals surface area contributed by atoms with E-state index in [1.807, 2.05) is 25.1 Å². The summed E-state index contributed by atoms with van der Waals surface area (Å²) >= 11 is 0. The molecule has 0 spiro atoms. The first kappa shape index (κ1) is 10.6. The summed E-state index contributed by atoms with van der Waals surface area (Å²) in [6, 6.07) is 8.47. The highest BCUT2D eigenvalue weighted by Crippen LogP contribution is 2.15. The molecule has 0 bridgehead atoms. The van der Waals surface area contributed by atoms with E-state index in [4.69, 9.17) is 5.26 Å². The zero-order chi connectivity index (χ0) is 10.6. The van der Waals surface area contributed by atoms with E-state index in [0.29, 0.717) is 6.04 Å².